The van der Waals surface area contributed by atoms with Crippen molar-refractivity contribution >= 4 is 27.3 Å². The van der Waals surface area contributed by atoms with E-state index >= 15 is 0 Å². The summed E-state index contributed by atoms with van der Waals surface area (Å²) < 4.78 is 51.8. The van der Waals surface area contributed by atoms with Gasteiger partial charge in [0.25, 0.3) is 0 Å². The molecule has 0 bridgehead atoms. The Balaban J connectivity index is 2.25. The Morgan fingerprint density at radius 2 is 1.90 bits per heavy atom. The van der Waals surface area contributed by atoms with Crippen molar-refractivity contribution in [1.29, 1.82) is 0 Å². The normalized spacial score (nSPS) is 13.5. The van der Waals surface area contributed by atoms with Crippen molar-refractivity contribution < 1.29 is 22.7 Å². The summed E-state index contributed by atoms with van der Waals surface area (Å²) in [4.78, 5) is 0.794. The molecule has 1 unspecified atom stereocenters. The van der Waals surface area contributed by atoms with E-state index in [0.717, 1.165) is 21.5 Å². The Morgan fingerprint density at radius 1 is 1.20 bits per heavy atom. The summed E-state index contributed by atoms with van der Waals surface area (Å²) in [5.41, 5.74) is -1.18. The van der Waals surface area contributed by atoms with Gasteiger partial charge in [-0.25, -0.2) is 4.39 Å². The van der Waals surface area contributed by atoms with Crippen molar-refractivity contribution in [2.24, 2.45) is 0 Å². The van der Waals surface area contributed by atoms with Gasteiger partial charge in [-0.3, -0.25) is 0 Å². The first-order valence-electron chi connectivity index (χ1n) is 5.54. The average Bonchev–Trinajstić information content (AvgIpc) is 2.72. The first-order valence-corrected chi connectivity index (χ1v) is 7.21. The standard InChI is InChI=1S/C13H9BrF4OS/c14-9-4-11(20-6-9)5-12(19)7-1-8(13(16,17)18)3-10(15)2-7/h1-4,6,12,19H,5H2. The third-order valence-corrected chi connectivity index (χ3v) is 4.37. The summed E-state index contributed by atoms with van der Waals surface area (Å²) in [6, 6.07) is 3.87. The number of halogens is 5. The third kappa shape index (κ3) is 3.80. The number of hydrogen-bond donors (Lipinski definition) is 1. The predicted molar refractivity (Wildman–Crippen MR) is 72.1 cm³/mol. The minimum atomic E-state index is -4.64. The third-order valence-electron chi connectivity index (χ3n) is 2.65. The largest absolute Gasteiger partial charge is 0.416 e. The maximum atomic E-state index is 13.2. The molecule has 0 aliphatic rings. The van der Waals surface area contributed by atoms with E-state index in [0.29, 0.717) is 6.07 Å². The molecule has 1 aromatic heterocycles. The molecular weight excluding hydrogens is 360 g/mol. The molecule has 108 valence electrons. The van der Waals surface area contributed by atoms with Gasteiger partial charge in [0.05, 0.1) is 11.7 Å². The predicted octanol–water partition coefficient (Wildman–Crippen LogP) is 4.94. The molecule has 0 aliphatic carbocycles. The second kappa shape index (κ2) is 5.83. The van der Waals surface area contributed by atoms with Gasteiger partial charge in [0.1, 0.15) is 5.82 Å². The molecule has 0 spiro atoms. The number of thiophene rings is 1. The number of aliphatic hydroxyl groups excluding tert-OH is 1. The lowest BCUT2D eigenvalue weighted by atomic mass is 10.0. The van der Waals surface area contributed by atoms with Crippen LogP contribution in [0.2, 0.25) is 0 Å². The van der Waals surface area contributed by atoms with Crippen LogP contribution in [0.1, 0.15) is 22.1 Å². The lowest BCUT2D eigenvalue weighted by Gasteiger charge is -2.13. The van der Waals surface area contributed by atoms with Crippen molar-refractivity contribution in [3.05, 3.63) is 55.9 Å². The Kier molecular flexibility index (Phi) is 4.51. The summed E-state index contributed by atoms with van der Waals surface area (Å²) in [5.74, 6) is -1.01. The highest BCUT2D eigenvalue weighted by Gasteiger charge is 2.32. The molecule has 1 heterocycles. The van der Waals surface area contributed by atoms with Gasteiger partial charge in [0, 0.05) is 21.2 Å². The van der Waals surface area contributed by atoms with Gasteiger partial charge in [0.15, 0.2) is 0 Å². The summed E-state index contributed by atoms with van der Waals surface area (Å²) in [7, 11) is 0. The molecule has 7 heteroatoms. The first-order chi connectivity index (χ1) is 9.25. The van der Waals surface area contributed by atoms with Crippen molar-refractivity contribution in [2.75, 3.05) is 0 Å². The molecule has 1 nitrogen and oxygen atoms in total. The van der Waals surface area contributed by atoms with Gasteiger partial charge in [-0.15, -0.1) is 11.3 Å². The maximum absolute atomic E-state index is 13.2. The fourth-order valence-electron chi connectivity index (χ4n) is 1.74. The van der Waals surface area contributed by atoms with Crippen molar-refractivity contribution in [1.82, 2.24) is 0 Å². The molecule has 0 fully saturated rings. The fourth-order valence-corrected chi connectivity index (χ4v) is 3.23. The van der Waals surface area contributed by atoms with Crippen molar-refractivity contribution in [3.8, 4) is 0 Å². The van der Waals surface area contributed by atoms with Gasteiger partial charge < -0.3 is 5.11 Å². The molecule has 20 heavy (non-hydrogen) atoms. The highest BCUT2D eigenvalue weighted by Crippen LogP contribution is 2.33. The van der Waals surface area contributed by atoms with Gasteiger partial charge >= 0.3 is 6.18 Å². The summed E-state index contributed by atoms with van der Waals surface area (Å²) in [6.45, 7) is 0. The summed E-state index contributed by atoms with van der Waals surface area (Å²) >= 11 is 4.61. The average molecular weight is 369 g/mol. The molecule has 0 saturated heterocycles. The van der Waals surface area contributed by atoms with Gasteiger partial charge in [-0.2, -0.15) is 13.2 Å². The van der Waals surface area contributed by atoms with Crippen LogP contribution in [0.5, 0.6) is 0 Å². The second-order valence-electron chi connectivity index (χ2n) is 4.22. The minimum Gasteiger partial charge on any atom is -0.388 e. The molecule has 2 rings (SSSR count). The summed E-state index contributed by atoms with van der Waals surface area (Å²) in [5, 5.41) is 11.8. The molecular formula is C13H9BrF4OS. The maximum Gasteiger partial charge on any atom is 0.416 e. The minimum absolute atomic E-state index is 0.0816. The molecule has 1 atom stereocenters. The van der Waals surface area contributed by atoms with Crippen molar-refractivity contribution in [2.45, 2.75) is 18.7 Å². The molecule has 0 amide bonds. The van der Waals surface area contributed by atoms with Crippen LogP contribution < -0.4 is 0 Å². The number of benzene rings is 1. The number of rotatable bonds is 3. The fraction of sp³-hybridized carbons (Fsp3) is 0.231. The molecule has 1 aromatic carbocycles. The zero-order chi connectivity index (χ0) is 14.9. The molecule has 1 N–H and O–H groups in total. The Morgan fingerprint density at radius 3 is 2.45 bits per heavy atom. The van der Waals surface area contributed by atoms with Crippen LogP contribution in [0.25, 0.3) is 0 Å². The van der Waals surface area contributed by atoms with E-state index in [-0.39, 0.29) is 12.0 Å². The number of hydrogen-bond acceptors (Lipinski definition) is 2. The van der Waals surface area contributed by atoms with Gasteiger partial charge in [-0.1, -0.05) is 0 Å². The first kappa shape index (κ1) is 15.5. The van der Waals surface area contributed by atoms with Crippen molar-refractivity contribution in [3.63, 3.8) is 0 Å². The molecule has 0 saturated carbocycles. The molecule has 2 aromatic rings. The zero-order valence-electron chi connectivity index (χ0n) is 9.92. The van der Waals surface area contributed by atoms with E-state index in [2.05, 4.69) is 15.9 Å². The van der Waals surface area contributed by atoms with E-state index in [1.807, 2.05) is 0 Å². The van der Waals surface area contributed by atoms with Crippen LogP contribution in [0.4, 0.5) is 17.6 Å². The van der Waals surface area contributed by atoms with E-state index < -0.39 is 23.7 Å². The molecule has 0 aliphatic heterocycles. The van der Waals surface area contributed by atoms with E-state index in [1.165, 1.54) is 11.3 Å². The Bertz CT molecular complexity index is 609. The summed E-state index contributed by atoms with van der Waals surface area (Å²) in [6.07, 6.45) is -5.68. The van der Waals surface area contributed by atoms with E-state index in [9.17, 15) is 22.7 Å². The highest BCUT2D eigenvalue weighted by molar-refractivity contribution is 9.10. The Labute approximate surface area is 125 Å². The van der Waals surface area contributed by atoms with E-state index in [1.54, 1.807) is 11.4 Å². The van der Waals surface area contributed by atoms with Crippen LogP contribution in [0.3, 0.4) is 0 Å². The lowest BCUT2D eigenvalue weighted by molar-refractivity contribution is -0.137. The zero-order valence-corrected chi connectivity index (χ0v) is 12.3. The SMILES string of the molecule is OC(Cc1cc(Br)cs1)c1cc(F)cc(C(F)(F)F)c1. The van der Waals surface area contributed by atoms with Crippen LogP contribution >= 0.6 is 27.3 Å². The monoisotopic (exact) mass is 368 g/mol. The highest BCUT2D eigenvalue weighted by atomic mass is 79.9. The van der Waals surface area contributed by atoms with Gasteiger partial charge in [0.2, 0.25) is 0 Å². The molecule has 0 radical (unpaired) electrons. The smallest absolute Gasteiger partial charge is 0.388 e. The number of alkyl halides is 3. The quantitative estimate of drug-likeness (QED) is 0.760. The lowest BCUT2D eigenvalue weighted by Crippen LogP contribution is -2.09. The second-order valence-corrected chi connectivity index (χ2v) is 6.13. The topological polar surface area (TPSA) is 20.2 Å². The van der Waals surface area contributed by atoms with E-state index in [4.69, 9.17) is 0 Å². The van der Waals surface area contributed by atoms with Gasteiger partial charge in [-0.05, 0) is 45.8 Å². The number of aliphatic hydroxyl groups is 1. The van der Waals surface area contributed by atoms with Crippen LogP contribution in [0.15, 0.2) is 34.1 Å². The van der Waals surface area contributed by atoms with Crippen LogP contribution in [-0.4, -0.2) is 5.11 Å². The van der Waals surface area contributed by atoms with Crippen LogP contribution in [-0.2, 0) is 12.6 Å². The Hall–Kier alpha value is -0.920. The van der Waals surface area contributed by atoms with Crippen LogP contribution in [0, 0.1) is 5.82 Å².